The van der Waals surface area contributed by atoms with Crippen molar-refractivity contribution in [3.63, 3.8) is 0 Å². The van der Waals surface area contributed by atoms with E-state index in [1.807, 2.05) is 42.5 Å². The third kappa shape index (κ3) is 5.72. The molecule has 0 aliphatic carbocycles. The van der Waals surface area contributed by atoms with Gasteiger partial charge in [-0.05, 0) is 23.8 Å². The van der Waals surface area contributed by atoms with Crippen LogP contribution in [0.3, 0.4) is 0 Å². The van der Waals surface area contributed by atoms with Crippen molar-refractivity contribution in [2.75, 3.05) is 34.0 Å². The normalized spacial score (nSPS) is 16.5. The van der Waals surface area contributed by atoms with E-state index in [-0.39, 0.29) is 49.3 Å². The van der Waals surface area contributed by atoms with Gasteiger partial charge in [0.25, 0.3) is 0 Å². The third-order valence-electron chi connectivity index (χ3n) is 5.03. The maximum Gasteiger partial charge on any atom is 0.241 e. The molecular formula is C22H27IN4O4. The highest BCUT2D eigenvalue weighted by Gasteiger charge is 2.22. The molecule has 0 bridgehead atoms. The fourth-order valence-electron chi connectivity index (χ4n) is 3.34. The second kappa shape index (κ2) is 10.6. The van der Waals surface area contributed by atoms with Gasteiger partial charge in [-0.1, -0.05) is 24.3 Å². The Morgan fingerprint density at radius 1 is 1.10 bits per heavy atom. The van der Waals surface area contributed by atoms with Gasteiger partial charge in [0, 0.05) is 26.1 Å². The first-order chi connectivity index (χ1) is 14.6. The number of nitrogens with zero attached hydrogens (tertiary/aromatic N) is 2. The molecule has 1 amide bonds. The van der Waals surface area contributed by atoms with Crippen LogP contribution in [-0.2, 0) is 11.3 Å². The van der Waals surface area contributed by atoms with Gasteiger partial charge >= 0.3 is 0 Å². The highest BCUT2D eigenvalue weighted by atomic mass is 127. The first-order valence-electron chi connectivity index (χ1n) is 9.95. The number of rotatable bonds is 5. The van der Waals surface area contributed by atoms with E-state index in [2.05, 4.69) is 10.6 Å². The molecule has 0 saturated carbocycles. The van der Waals surface area contributed by atoms with Gasteiger partial charge in [-0.25, -0.2) is 4.99 Å². The summed E-state index contributed by atoms with van der Waals surface area (Å²) in [6.45, 7) is 1.46. The largest absolute Gasteiger partial charge is 0.493 e. The number of amides is 1. The van der Waals surface area contributed by atoms with Crippen molar-refractivity contribution in [2.45, 2.75) is 19.0 Å². The van der Waals surface area contributed by atoms with Gasteiger partial charge in [0.05, 0.1) is 25.7 Å². The predicted molar refractivity (Wildman–Crippen MR) is 128 cm³/mol. The monoisotopic (exact) mass is 538 g/mol. The number of hydrogen-bond donors (Lipinski definition) is 2. The second-order valence-electron chi connectivity index (χ2n) is 7.37. The summed E-state index contributed by atoms with van der Waals surface area (Å²) in [5.74, 6) is 2.89. The first-order valence-corrected chi connectivity index (χ1v) is 9.95. The summed E-state index contributed by atoms with van der Waals surface area (Å²) in [5, 5.41) is 6.61. The number of carbonyl (C=O) groups excluding carboxylic acids is 1. The molecule has 0 saturated heterocycles. The van der Waals surface area contributed by atoms with Crippen molar-refractivity contribution in [3.8, 4) is 17.2 Å². The average Bonchev–Trinajstić information content (AvgIpc) is 3.23. The maximum absolute atomic E-state index is 12.1. The van der Waals surface area contributed by atoms with Crippen LogP contribution in [-0.4, -0.2) is 50.8 Å². The standard InChI is InChI=1S/C22H26N4O4.HI/c1-26(2)21(27)13-24-22(23-12-15-7-8-19-20(11-15)30-14-29-19)25-17-9-10-28-18-6-4-3-5-16(17)18;/h3-8,11,17H,9-10,12-14H2,1-2H3,(H2,23,24,25);1H. The predicted octanol–water partition coefficient (Wildman–Crippen LogP) is 2.68. The minimum absolute atomic E-state index is 0. The minimum Gasteiger partial charge on any atom is -0.493 e. The number of halogens is 1. The zero-order chi connectivity index (χ0) is 20.9. The number of ether oxygens (including phenoxy) is 3. The SMILES string of the molecule is CN(C)C(=O)CNC(=NCc1ccc2c(c1)OCO2)NC1CCOc2ccccc21.I. The molecule has 8 nitrogen and oxygen atoms in total. The molecule has 4 rings (SSSR count). The Labute approximate surface area is 199 Å². The fourth-order valence-corrected chi connectivity index (χ4v) is 3.34. The Morgan fingerprint density at radius 3 is 2.74 bits per heavy atom. The molecule has 2 aliphatic rings. The molecule has 0 aromatic heterocycles. The van der Waals surface area contributed by atoms with Crippen LogP contribution in [0.4, 0.5) is 0 Å². The number of carbonyl (C=O) groups is 1. The van der Waals surface area contributed by atoms with Gasteiger partial charge < -0.3 is 29.7 Å². The summed E-state index contributed by atoms with van der Waals surface area (Å²) in [5.41, 5.74) is 2.08. The summed E-state index contributed by atoms with van der Waals surface area (Å²) in [4.78, 5) is 18.3. The van der Waals surface area contributed by atoms with Crippen LogP contribution in [0.15, 0.2) is 47.5 Å². The molecule has 2 heterocycles. The molecule has 1 unspecified atom stereocenters. The maximum atomic E-state index is 12.1. The number of likely N-dealkylation sites (N-methyl/N-ethyl adjacent to an activating group) is 1. The number of nitrogens with one attached hydrogen (secondary N) is 2. The number of fused-ring (bicyclic) bond motifs is 2. The van der Waals surface area contributed by atoms with Crippen LogP contribution < -0.4 is 24.8 Å². The number of hydrogen-bond acceptors (Lipinski definition) is 5. The second-order valence-corrected chi connectivity index (χ2v) is 7.37. The Balaban J connectivity index is 0.00000272. The Hall–Kier alpha value is -2.69. The number of guanidine groups is 1. The van der Waals surface area contributed by atoms with Crippen molar-refractivity contribution in [3.05, 3.63) is 53.6 Å². The third-order valence-corrected chi connectivity index (χ3v) is 5.03. The Morgan fingerprint density at radius 2 is 1.90 bits per heavy atom. The number of aliphatic imine (C=N–C) groups is 1. The van der Waals surface area contributed by atoms with Crippen LogP contribution in [0.1, 0.15) is 23.6 Å². The van der Waals surface area contributed by atoms with Gasteiger partial charge in [0.15, 0.2) is 17.5 Å². The summed E-state index contributed by atoms with van der Waals surface area (Å²) in [6, 6.07) is 13.8. The van der Waals surface area contributed by atoms with Gasteiger partial charge in [-0.15, -0.1) is 24.0 Å². The molecule has 31 heavy (non-hydrogen) atoms. The number of benzene rings is 2. The molecule has 2 aromatic rings. The van der Waals surface area contributed by atoms with Crippen molar-refractivity contribution >= 4 is 35.8 Å². The lowest BCUT2D eigenvalue weighted by Crippen LogP contribution is -2.45. The quantitative estimate of drug-likeness (QED) is 0.346. The van der Waals surface area contributed by atoms with Crippen LogP contribution in [0.5, 0.6) is 17.2 Å². The molecule has 166 valence electrons. The van der Waals surface area contributed by atoms with Crippen molar-refractivity contribution in [2.24, 2.45) is 4.99 Å². The summed E-state index contributed by atoms with van der Waals surface area (Å²) in [6.07, 6.45) is 0.809. The highest BCUT2D eigenvalue weighted by Crippen LogP contribution is 2.33. The van der Waals surface area contributed by atoms with E-state index in [1.165, 1.54) is 0 Å². The smallest absolute Gasteiger partial charge is 0.241 e. The van der Waals surface area contributed by atoms with Crippen LogP contribution in [0, 0.1) is 0 Å². The van der Waals surface area contributed by atoms with Gasteiger partial charge in [0.2, 0.25) is 12.7 Å². The van der Waals surface area contributed by atoms with Crippen molar-refractivity contribution < 1.29 is 19.0 Å². The molecule has 2 aromatic carbocycles. The summed E-state index contributed by atoms with van der Waals surface area (Å²) < 4.78 is 16.6. The van der Waals surface area contributed by atoms with Gasteiger partial charge in [-0.3, -0.25) is 4.79 Å². The van der Waals surface area contributed by atoms with E-state index < -0.39 is 0 Å². The lowest BCUT2D eigenvalue weighted by Gasteiger charge is -2.28. The molecule has 0 spiro atoms. The topological polar surface area (TPSA) is 84.4 Å². The molecule has 1 atom stereocenters. The van der Waals surface area contributed by atoms with E-state index >= 15 is 0 Å². The summed E-state index contributed by atoms with van der Waals surface area (Å²) in [7, 11) is 3.46. The molecule has 2 aliphatic heterocycles. The molecular weight excluding hydrogens is 511 g/mol. The molecule has 0 fully saturated rings. The van der Waals surface area contributed by atoms with E-state index in [1.54, 1.807) is 19.0 Å². The van der Waals surface area contributed by atoms with E-state index in [4.69, 9.17) is 19.2 Å². The van der Waals surface area contributed by atoms with Crippen LogP contribution in [0.2, 0.25) is 0 Å². The first kappa shape index (κ1) is 23.0. The average molecular weight is 538 g/mol. The van der Waals surface area contributed by atoms with Gasteiger partial charge in [-0.2, -0.15) is 0 Å². The lowest BCUT2D eigenvalue weighted by molar-refractivity contribution is -0.127. The van der Waals surface area contributed by atoms with E-state index in [0.717, 1.165) is 34.8 Å². The molecule has 9 heteroatoms. The van der Waals surface area contributed by atoms with Gasteiger partial charge in [0.1, 0.15) is 5.75 Å². The van der Waals surface area contributed by atoms with Crippen LogP contribution in [0.25, 0.3) is 0 Å². The van der Waals surface area contributed by atoms with Crippen LogP contribution >= 0.6 is 24.0 Å². The van der Waals surface area contributed by atoms with E-state index in [9.17, 15) is 4.79 Å². The van der Waals surface area contributed by atoms with E-state index in [0.29, 0.717) is 19.1 Å². The lowest BCUT2D eigenvalue weighted by atomic mass is 10.0. The fraction of sp³-hybridized carbons (Fsp3) is 0.364. The molecule has 0 radical (unpaired) electrons. The number of para-hydroxylation sites is 1. The molecule has 2 N–H and O–H groups in total. The Bertz CT molecular complexity index is 951. The van der Waals surface area contributed by atoms with Crippen molar-refractivity contribution in [1.29, 1.82) is 0 Å². The van der Waals surface area contributed by atoms with Crippen molar-refractivity contribution in [1.82, 2.24) is 15.5 Å². The minimum atomic E-state index is -0.0278. The summed E-state index contributed by atoms with van der Waals surface area (Å²) >= 11 is 0. The highest BCUT2D eigenvalue weighted by molar-refractivity contribution is 14.0. The zero-order valence-electron chi connectivity index (χ0n) is 17.6. The zero-order valence-corrected chi connectivity index (χ0v) is 19.9. The Kier molecular flexibility index (Phi) is 7.83.